The summed E-state index contributed by atoms with van der Waals surface area (Å²) in [6.07, 6.45) is 2.55. The number of benzene rings is 1. The van der Waals surface area contributed by atoms with Gasteiger partial charge in [0.1, 0.15) is 5.69 Å². The lowest BCUT2D eigenvalue weighted by molar-refractivity contribution is 0.0987. The van der Waals surface area contributed by atoms with E-state index in [1.165, 1.54) is 0 Å². The zero-order chi connectivity index (χ0) is 18.2. The van der Waals surface area contributed by atoms with E-state index in [0.717, 1.165) is 5.56 Å². The number of nitriles is 1. The van der Waals surface area contributed by atoms with Crippen LogP contribution in [0.5, 0.6) is 5.75 Å². The fourth-order valence-electron chi connectivity index (χ4n) is 2.23. The van der Waals surface area contributed by atoms with E-state index in [9.17, 15) is 4.79 Å². The van der Waals surface area contributed by atoms with Gasteiger partial charge in [-0.2, -0.15) is 5.26 Å². The molecule has 0 atom stereocenters. The zero-order valence-electron chi connectivity index (χ0n) is 13.9. The lowest BCUT2D eigenvalue weighted by Gasteiger charge is -2.09. The van der Waals surface area contributed by atoms with Crippen LogP contribution in [0.3, 0.4) is 0 Å². The normalized spacial score (nSPS) is 10.1. The number of amides is 1. The minimum absolute atomic E-state index is 0.0740. The third kappa shape index (κ3) is 4.24. The third-order valence-corrected chi connectivity index (χ3v) is 3.50. The average molecular weight is 348 g/mol. The number of aromatic nitrogens is 2. The number of unbranched alkanes of at least 4 members (excludes halogenated alkanes) is 1. The fraction of sp³-hybridized carbons (Fsp3) is 0.158. The number of nitrogens with one attached hydrogen (secondary N) is 1. The molecule has 0 unspecified atom stereocenters. The lowest BCUT2D eigenvalue weighted by atomic mass is 10.1. The second-order valence-corrected chi connectivity index (χ2v) is 5.36. The Kier molecular flexibility index (Phi) is 5.58. The minimum atomic E-state index is -0.472. The van der Waals surface area contributed by atoms with Crippen molar-refractivity contribution in [1.82, 2.24) is 10.1 Å². The number of anilines is 1. The van der Waals surface area contributed by atoms with Crippen molar-refractivity contribution in [1.29, 1.82) is 5.26 Å². The highest BCUT2D eigenvalue weighted by Crippen LogP contribution is 2.23. The monoisotopic (exact) mass is 348 g/mol. The molecule has 3 rings (SSSR count). The quantitative estimate of drug-likeness (QED) is 0.654. The van der Waals surface area contributed by atoms with E-state index in [4.69, 9.17) is 14.5 Å². The van der Waals surface area contributed by atoms with Gasteiger partial charge in [0, 0.05) is 24.2 Å². The molecular weight excluding hydrogens is 332 g/mol. The predicted molar refractivity (Wildman–Crippen MR) is 94.5 cm³/mol. The number of nitrogens with zero attached hydrogens (tertiary/aromatic N) is 3. The Morgan fingerprint density at radius 2 is 2.08 bits per heavy atom. The van der Waals surface area contributed by atoms with Gasteiger partial charge in [0.05, 0.1) is 12.7 Å². The van der Waals surface area contributed by atoms with Gasteiger partial charge in [0.2, 0.25) is 5.76 Å². The van der Waals surface area contributed by atoms with Crippen molar-refractivity contribution in [3.05, 3.63) is 60.5 Å². The molecule has 7 nitrogen and oxygen atoms in total. The fourth-order valence-corrected chi connectivity index (χ4v) is 2.23. The first-order chi connectivity index (χ1) is 12.8. The maximum Gasteiger partial charge on any atom is 0.295 e. The van der Waals surface area contributed by atoms with Gasteiger partial charge in [-0.15, -0.1) is 0 Å². The van der Waals surface area contributed by atoms with Crippen molar-refractivity contribution in [2.75, 3.05) is 11.9 Å². The molecule has 0 bridgehead atoms. The van der Waals surface area contributed by atoms with Crippen LogP contribution in [0.15, 0.2) is 59.3 Å². The third-order valence-electron chi connectivity index (χ3n) is 3.50. The maximum atomic E-state index is 12.4. The van der Waals surface area contributed by atoms with E-state index in [2.05, 4.69) is 21.5 Å². The van der Waals surface area contributed by atoms with E-state index >= 15 is 0 Å². The lowest BCUT2D eigenvalue weighted by Crippen LogP contribution is -2.13. The molecule has 0 saturated carbocycles. The summed E-state index contributed by atoms with van der Waals surface area (Å²) in [5, 5.41) is 15.1. The molecule has 130 valence electrons. The van der Waals surface area contributed by atoms with E-state index in [-0.39, 0.29) is 11.6 Å². The van der Waals surface area contributed by atoms with Crippen molar-refractivity contribution in [3.8, 4) is 23.1 Å². The highest BCUT2D eigenvalue weighted by atomic mass is 16.5. The molecule has 2 heterocycles. The standard InChI is InChI=1S/C19H16N4O3/c20-10-4-5-12-25-16-9-6-11-21-18(16)22-19(24)17-13-15(23-26-17)14-7-2-1-3-8-14/h1-3,6-9,11,13H,4-5,12H2,(H,21,22,24). The summed E-state index contributed by atoms with van der Waals surface area (Å²) in [7, 11) is 0. The summed E-state index contributed by atoms with van der Waals surface area (Å²) >= 11 is 0. The van der Waals surface area contributed by atoms with Crippen LogP contribution in [0.25, 0.3) is 11.3 Å². The SMILES string of the molecule is N#CCCCOc1cccnc1NC(=O)c1cc(-c2ccccc2)no1. The second kappa shape index (κ2) is 8.44. The van der Waals surface area contributed by atoms with Gasteiger partial charge in [-0.25, -0.2) is 4.98 Å². The Morgan fingerprint density at radius 1 is 1.23 bits per heavy atom. The first-order valence-electron chi connectivity index (χ1n) is 8.06. The van der Waals surface area contributed by atoms with E-state index < -0.39 is 5.91 Å². The van der Waals surface area contributed by atoms with Crippen LogP contribution in [0.4, 0.5) is 5.82 Å². The van der Waals surface area contributed by atoms with Gasteiger partial charge in [0.15, 0.2) is 11.6 Å². The van der Waals surface area contributed by atoms with E-state index in [0.29, 0.717) is 30.9 Å². The second-order valence-electron chi connectivity index (χ2n) is 5.36. The van der Waals surface area contributed by atoms with Crippen molar-refractivity contribution in [2.45, 2.75) is 12.8 Å². The number of carbonyl (C=O) groups excluding carboxylic acids is 1. The van der Waals surface area contributed by atoms with Crippen molar-refractivity contribution < 1.29 is 14.1 Å². The molecule has 2 aromatic heterocycles. The number of pyridine rings is 1. The number of ether oxygens (including phenoxy) is 1. The van der Waals surface area contributed by atoms with Crippen molar-refractivity contribution in [2.24, 2.45) is 0 Å². The molecule has 0 aliphatic carbocycles. The first-order valence-corrected chi connectivity index (χ1v) is 8.06. The summed E-state index contributed by atoms with van der Waals surface area (Å²) in [5.41, 5.74) is 1.43. The van der Waals surface area contributed by atoms with Crippen LogP contribution in [0.2, 0.25) is 0 Å². The molecule has 1 N–H and O–H groups in total. The Morgan fingerprint density at radius 3 is 2.88 bits per heavy atom. The summed E-state index contributed by atoms with van der Waals surface area (Å²) in [5.74, 6) is 0.318. The number of rotatable bonds is 7. The Bertz CT molecular complexity index is 916. The Balaban J connectivity index is 1.69. The Hall–Kier alpha value is -3.66. The first kappa shape index (κ1) is 17.2. The summed E-state index contributed by atoms with van der Waals surface area (Å²) in [6, 6.07) is 16.5. The van der Waals surface area contributed by atoms with Crippen LogP contribution >= 0.6 is 0 Å². The van der Waals surface area contributed by atoms with Gasteiger partial charge in [-0.05, 0) is 18.6 Å². The van der Waals surface area contributed by atoms with Crippen LogP contribution in [-0.2, 0) is 0 Å². The summed E-state index contributed by atoms with van der Waals surface area (Å²) in [6.45, 7) is 0.364. The summed E-state index contributed by atoms with van der Waals surface area (Å²) in [4.78, 5) is 16.5. The van der Waals surface area contributed by atoms with E-state index in [1.807, 2.05) is 30.3 Å². The smallest absolute Gasteiger partial charge is 0.295 e. The molecular formula is C19H16N4O3. The number of carbonyl (C=O) groups is 1. The molecule has 1 aromatic carbocycles. The average Bonchev–Trinajstić information content (AvgIpc) is 3.17. The number of hydrogen-bond donors (Lipinski definition) is 1. The van der Waals surface area contributed by atoms with Crippen molar-refractivity contribution >= 4 is 11.7 Å². The number of hydrogen-bond acceptors (Lipinski definition) is 6. The largest absolute Gasteiger partial charge is 0.490 e. The Labute approximate surface area is 150 Å². The van der Waals surface area contributed by atoms with Gasteiger partial charge in [0.25, 0.3) is 5.91 Å². The molecule has 7 heteroatoms. The van der Waals surface area contributed by atoms with Crippen LogP contribution in [0, 0.1) is 11.3 Å². The topological polar surface area (TPSA) is 101 Å². The van der Waals surface area contributed by atoms with Gasteiger partial charge in [-0.3, -0.25) is 4.79 Å². The van der Waals surface area contributed by atoms with E-state index in [1.54, 1.807) is 24.4 Å². The highest BCUT2D eigenvalue weighted by molar-refractivity contribution is 6.02. The van der Waals surface area contributed by atoms with Crippen LogP contribution in [-0.4, -0.2) is 22.7 Å². The van der Waals surface area contributed by atoms with Gasteiger partial charge < -0.3 is 14.6 Å². The molecule has 3 aromatic rings. The van der Waals surface area contributed by atoms with Gasteiger partial charge >= 0.3 is 0 Å². The van der Waals surface area contributed by atoms with Crippen molar-refractivity contribution in [3.63, 3.8) is 0 Å². The van der Waals surface area contributed by atoms with Crippen LogP contribution < -0.4 is 10.1 Å². The molecule has 0 aliphatic rings. The molecule has 1 amide bonds. The molecule has 0 fully saturated rings. The molecule has 0 saturated heterocycles. The summed E-state index contributed by atoms with van der Waals surface area (Å²) < 4.78 is 10.7. The maximum absolute atomic E-state index is 12.4. The highest BCUT2D eigenvalue weighted by Gasteiger charge is 2.16. The van der Waals surface area contributed by atoms with Crippen LogP contribution in [0.1, 0.15) is 23.4 Å². The predicted octanol–water partition coefficient (Wildman–Crippen LogP) is 3.67. The molecule has 26 heavy (non-hydrogen) atoms. The molecule has 0 radical (unpaired) electrons. The van der Waals surface area contributed by atoms with Gasteiger partial charge in [-0.1, -0.05) is 35.5 Å². The minimum Gasteiger partial charge on any atom is -0.490 e. The molecule has 0 spiro atoms. The zero-order valence-corrected chi connectivity index (χ0v) is 13.9. The molecule has 0 aliphatic heterocycles.